The topological polar surface area (TPSA) is 109 Å². The lowest BCUT2D eigenvalue weighted by molar-refractivity contribution is -0.143. The fourth-order valence-electron chi connectivity index (χ4n) is 7.57. The maximum Gasteiger partial charge on any atom is 0.455 e. The second-order valence-electron chi connectivity index (χ2n) is 12.9. The first-order chi connectivity index (χ1) is 24.5. The van der Waals surface area contributed by atoms with E-state index >= 15 is 0 Å². The third-order valence-electron chi connectivity index (χ3n) is 9.85. The number of pyridine rings is 1. The van der Waals surface area contributed by atoms with Crippen molar-refractivity contribution in [2.24, 2.45) is 17.8 Å². The molecule has 2 fully saturated rings. The Labute approximate surface area is 308 Å². The average molecular weight is 840 g/mol. The average Bonchev–Trinajstić information content (AvgIpc) is 3.35. The molecule has 0 saturated carbocycles. The smallest absolute Gasteiger partial charge is 0.455 e. The summed E-state index contributed by atoms with van der Waals surface area (Å²) in [6.07, 6.45) is -6.49. The number of phenols is 1. The van der Waals surface area contributed by atoms with Gasteiger partial charge in [-0.2, -0.15) is 26.3 Å². The van der Waals surface area contributed by atoms with Gasteiger partial charge >= 0.3 is 19.5 Å². The molecule has 1 aliphatic carbocycles. The van der Waals surface area contributed by atoms with Crippen molar-refractivity contribution in [3.63, 3.8) is 0 Å². The Kier molecular flexibility index (Phi) is 10.6. The van der Waals surface area contributed by atoms with Gasteiger partial charge in [0, 0.05) is 6.20 Å². The summed E-state index contributed by atoms with van der Waals surface area (Å²) in [6, 6.07) is 9.57. The van der Waals surface area contributed by atoms with Gasteiger partial charge in [-0.1, -0.05) is 18.6 Å². The maximum atomic E-state index is 14.0. The van der Waals surface area contributed by atoms with Gasteiger partial charge in [-0.3, -0.25) is 14.6 Å². The molecule has 3 aromatic rings. The zero-order valence-corrected chi connectivity index (χ0v) is 29.9. The lowest BCUT2D eigenvalue weighted by atomic mass is 9.58. The van der Waals surface area contributed by atoms with Gasteiger partial charge < -0.3 is 19.5 Å². The molecule has 3 heterocycles. The van der Waals surface area contributed by atoms with Crippen molar-refractivity contribution in [3.8, 4) is 11.5 Å². The van der Waals surface area contributed by atoms with E-state index in [9.17, 15) is 46.1 Å². The van der Waals surface area contributed by atoms with Crippen LogP contribution in [-0.2, 0) is 26.6 Å². The van der Waals surface area contributed by atoms with Crippen LogP contribution in [0.1, 0.15) is 55.0 Å². The Morgan fingerprint density at radius 1 is 1.06 bits per heavy atom. The van der Waals surface area contributed by atoms with Crippen molar-refractivity contribution >= 4 is 58.9 Å². The Morgan fingerprint density at radius 2 is 1.75 bits per heavy atom. The van der Waals surface area contributed by atoms with E-state index in [0.29, 0.717) is 51.1 Å². The number of benzene rings is 2. The molecule has 1 aromatic heterocycles. The number of hydrogen-bond acceptors (Lipinski definition) is 7. The van der Waals surface area contributed by atoms with Crippen molar-refractivity contribution in [3.05, 3.63) is 91.8 Å². The first-order valence-corrected chi connectivity index (χ1v) is 17.5. The Balaban J connectivity index is 1.34. The summed E-state index contributed by atoms with van der Waals surface area (Å²) in [5, 5.41) is 21.3. The monoisotopic (exact) mass is 840 g/mol. The number of aromatic hydroxyl groups is 1. The highest BCUT2D eigenvalue weighted by Crippen LogP contribution is 2.52. The molecule has 274 valence electrons. The van der Waals surface area contributed by atoms with Crippen LogP contribution in [-0.4, -0.2) is 47.3 Å². The van der Waals surface area contributed by atoms with Gasteiger partial charge in [0.15, 0.2) is 11.5 Å². The largest absolute Gasteiger partial charge is 0.504 e. The van der Waals surface area contributed by atoms with E-state index in [1.165, 1.54) is 7.11 Å². The Bertz CT molecular complexity index is 1920. The van der Waals surface area contributed by atoms with Gasteiger partial charge in [0.1, 0.15) is 0 Å². The highest BCUT2D eigenvalue weighted by atomic mass is 127. The molecular weight excluding hydrogens is 808 g/mol. The number of aromatic nitrogens is 1. The molecule has 4 atom stereocenters. The molecule has 0 spiro atoms. The number of nitrogens with zero attached hydrogens (tertiary/aromatic N) is 2. The van der Waals surface area contributed by atoms with E-state index in [-0.39, 0.29) is 30.3 Å². The maximum absolute atomic E-state index is 14.0. The summed E-state index contributed by atoms with van der Waals surface area (Å²) in [6.45, 7) is 1.85. The van der Waals surface area contributed by atoms with Crippen LogP contribution in [0.2, 0.25) is 6.32 Å². The molecule has 2 N–H and O–H groups in total. The Morgan fingerprint density at radius 3 is 2.35 bits per heavy atom. The van der Waals surface area contributed by atoms with Crippen LogP contribution >= 0.6 is 22.6 Å². The number of halogens is 7. The number of alkyl halides is 6. The SMILES string of the molecule is CCC1=C2[C@@H](CC/C(=C/c3cc(I)c(O)c(OC)c3)c3ccccn3)OB(O)C[C@@H]2[C@@H]2C(=O)N(c3cc(C(F)(F)F)cc(C(F)(F)F)c3)C(=O)[C@@H]2C1. The summed E-state index contributed by atoms with van der Waals surface area (Å²) >= 11 is 1.99. The van der Waals surface area contributed by atoms with Crippen molar-refractivity contribution in [1.82, 2.24) is 4.98 Å². The van der Waals surface area contributed by atoms with E-state index in [2.05, 4.69) is 4.98 Å². The zero-order chi connectivity index (χ0) is 37.7. The minimum atomic E-state index is -5.17. The molecule has 16 heteroatoms. The lowest BCUT2D eigenvalue weighted by Gasteiger charge is -2.43. The van der Waals surface area contributed by atoms with Crippen LogP contribution in [0, 0.1) is 21.3 Å². The molecule has 52 heavy (non-hydrogen) atoms. The Hall–Kier alpha value is -3.90. The number of methoxy groups -OCH3 is 1. The quantitative estimate of drug-likeness (QED) is 0.0775. The van der Waals surface area contributed by atoms with Crippen LogP contribution < -0.4 is 9.64 Å². The molecule has 2 aromatic carbocycles. The van der Waals surface area contributed by atoms with E-state index in [1.807, 2.05) is 47.7 Å². The summed E-state index contributed by atoms with van der Waals surface area (Å²) in [4.78, 5) is 32.8. The normalized spacial score (nSPS) is 22.5. The summed E-state index contributed by atoms with van der Waals surface area (Å²) in [7, 11) is 0.0818. The number of fused-ring (bicyclic) bond motifs is 3. The predicted molar refractivity (Wildman–Crippen MR) is 188 cm³/mol. The number of allylic oxidation sites excluding steroid dienone is 2. The third-order valence-corrected chi connectivity index (χ3v) is 10.7. The standard InChI is InChI=1S/C36H32BF6IN2O6/c1-3-19-13-24-31(34(49)46(33(24)48)23-15-21(35(38,39)40)14-22(16-23)36(41,42)43)25-17-37(50)52-28(30(19)25)8-7-20(27-6-4-5-9-45-27)10-18-11-26(44)32(47)29(12-18)51-2/h4-6,9-12,14-16,24-25,28,31,47,50H,3,7-8,13,17H2,1-2H3/b20-10-/t24-,25+,28-,31-/m1/s1. The molecule has 3 aliphatic rings. The van der Waals surface area contributed by atoms with Crippen LogP contribution in [0.5, 0.6) is 11.5 Å². The van der Waals surface area contributed by atoms with E-state index in [0.717, 1.165) is 16.7 Å². The predicted octanol–water partition coefficient (Wildman–Crippen LogP) is 8.17. The number of amides is 2. The number of carbonyl (C=O) groups is 2. The van der Waals surface area contributed by atoms with Gasteiger partial charge in [0.2, 0.25) is 11.8 Å². The second kappa shape index (κ2) is 14.5. The number of imide groups is 1. The molecule has 0 unspecified atom stereocenters. The minimum absolute atomic E-state index is 0.00253. The fourth-order valence-corrected chi connectivity index (χ4v) is 8.20. The molecule has 0 bridgehead atoms. The summed E-state index contributed by atoms with van der Waals surface area (Å²) in [5.41, 5.74) is -0.446. The van der Waals surface area contributed by atoms with Gasteiger partial charge in [-0.25, -0.2) is 4.90 Å². The highest BCUT2D eigenvalue weighted by Gasteiger charge is 2.58. The van der Waals surface area contributed by atoms with E-state index in [4.69, 9.17) is 9.39 Å². The van der Waals surface area contributed by atoms with Crippen molar-refractivity contribution in [1.29, 1.82) is 0 Å². The molecule has 2 amide bonds. The molecule has 8 nitrogen and oxygen atoms in total. The van der Waals surface area contributed by atoms with Crippen molar-refractivity contribution in [2.75, 3.05) is 12.0 Å². The van der Waals surface area contributed by atoms with Gasteiger partial charge in [0.05, 0.1) is 51.1 Å². The van der Waals surface area contributed by atoms with Crippen molar-refractivity contribution in [2.45, 2.75) is 57.4 Å². The van der Waals surface area contributed by atoms with E-state index in [1.54, 1.807) is 24.4 Å². The molecular formula is C36H32BF6IN2O6. The summed E-state index contributed by atoms with van der Waals surface area (Å²) < 4.78 is 94.2. The van der Waals surface area contributed by atoms with Gasteiger partial charge in [0.25, 0.3) is 0 Å². The van der Waals surface area contributed by atoms with Crippen LogP contribution in [0.3, 0.4) is 0 Å². The van der Waals surface area contributed by atoms with E-state index < -0.39 is 72.0 Å². The fraction of sp³-hybridized carbons (Fsp3) is 0.361. The van der Waals surface area contributed by atoms with Crippen LogP contribution in [0.15, 0.2) is 65.9 Å². The zero-order valence-electron chi connectivity index (χ0n) is 27.8. The molecule has 2 aliphatic heterocycles. The third kappa shape index (κ3) is 7.33. The first kappa shape index (κ1) is 37.8. The molecule has 6 rings (SSSR count). The molecule has 2 saturated heterocycles. The number of carbonyl (C=O) groups excluding carboxylic acids is 2. The van der Waals surface area contributed by atoms with Crippen LogP contribution in [0.4, 0.5) is 32.0 Å². The second-order valence-corrected chi connectivity index (χ2v) is 14.1. The van der Waals surface area contributed by atoms with Crippen LogP contribution in [0.25, 0.3) is 11.6 Å². The number of phenolic OH excluding ortho intramolecular Hbond substituents is 1. The number of hydrogen-bond donors (Lipinski definition) is 2. The number of rotatable bonds is 8. The number of anilines is 1. The summed E-state index contributed by atoms with van der Waals surface area (Å²) in [5.74, 6) is -4.44. The number of ether oxygens (including phenoxy) is 1. The van der Waals surface area contributed by atoms with Gasteiger partial charge in [-0.05, 0) is 126 Å². The van der Waals surface area contributed by atoms with Gasteiger partial charge in [-0.15, -0.1) is 0 Å². The molecule has 0 radical (unpaired) electrons. The minimum Gasteiger partial charge on any atom is -0.504 e. The highest BCUT2D eigenvalue weighted by molar-refractivity contribution is 14.1. The van der Waals surface area contributed by atoms with Crippen molar-refractivity contribution < 1.29 is 55.5 Å². The first-order valence-electron chi connectivity index (χ1n) is 16.4. The lowest BCUT2D eigenvalue weighted by Crippen LogP contribution is -2.46.